The first-order valence-electron chi connectivity index (χ1n) is 20.7. The average Bonchev–Trinajstić information content (AvgIpc) is 3.86. The topological polar surface area (TPSA) is 134 Å². The van der Waals surface area contributed by atoms with Crippen molar-refractivity contribution >= 4 is 34.5 Å². The highest BCUT2D eigenvalue weighted by Crippen LogP contribution is 2.68. The molecule has 0 radical (unpaired) electrons. The van der Waals surface area contributed by atoms with Gasteiger partial charge in [0, 0.05) is 96.9 Å². The van der Waals surface area contributed by atoms with Crippen LogP contribution in [0.25, 0.3) is 10.9 Å². The number of fused-ring (bicyclic) bond motifs is 6. The van der Waals surface area contributed by atoms with E-state index in [0.29, 0.717) is 61.7 Å². The number of nitrogens with one attached hydrogen (secondary N) is 1. The van der Waals surface area contributed by atoms with E-state index in [4.69, 9.17) is 18.9 Å². The maximum Gasteiger partial charge on any atom is 0.344 e. The molecule has 0 amide bonds. The maximum absolute atomic E-state index is 15.3. The Bertz CT molecular complexity index is 2270. The molecule has 2 unspecified atom stereocenters. The number of hydrogen-bond acceptors (Lipinski definition) is 11. The Labute approximate surface area is 342 Å². The summed E-state index contributed by atoms with van der Waals surface area (Å²) in [4.78, 5) is 52.5. The van der Waals surface area contributed by atoms with Crippen molar-refractivity contribution in [2.75, 3.05) is 59.5 Å². The number of likely N-dealkylation sites (N-methyl/N-ethyl adjacent to an activating group) is 1. The molecule has 2 N–H and O–H groups in total. The molecule has 10 atom stereocenters. The number of benzene rings is 2. The monoisotopic (exact) mass is 816 g/mol. The summed E-state index contributed by atoms with van der Waals surface area (Å²) in [6.45, 7) is 6.55. The van der Waals surface area contributed by atoms with Crippen molar-refractivity contribution in [1.29, 1.82) is 0 Å². The van der Waals surface area contributed by atoms with Crippen LogP contribution < -0.4 is 9.64 Å². The fourth-order valence-corrected chi connectivity index (χ4v) is 13.2. The molecule has 1 saturated carbocycles. The van der Waals surface area contributed by atoms with Gasteiger partial charge in [0.25, 0.3) is 0 Å². The zero-order chi connectivity index (χ0) is 42.0. The highest BCUT2D eigenvalue weighted by atomic mass is 19.3. The largest absolute Gasteiger partial charge is 0.496 e. The van der Waals surface area contributed by atoms with E-state index in [0.717, 1.165) is 29.0 Å². The van der Waals surface area contributed by atoms with Gasteiger partial charge in [0.05, 0.1) is 27.4 Å². The van der Waals surface area contributed by atoms with E-state index in [1.54, 1.807) is 0 Å². The minimum atomic E-state index is -2.94. The van der Waals surface area contributed by atoms with E-state index < -0.39 is 63.7 Å². The van der Waals surface area contributed by atoms with E-state index in [-0.39, 0.29) is 31.3 Å². The van der Waals surface area contributed by atoms with Crippen molar-refractivity contribution in [2.45, 2.75) is 93.5 Å². The number of methoxy groups -OCH3 is 3. The smallest absolute Gasteiger partial charge is 0.344 e. The molecule has 1 aromatic heterocycles. The van der Waals surface area contributed by atoms with Gasteiger partial charge in [-0.1, -0.05) is 37.3 Å². The standard InChI is InChI=1S/C45H54F2N4O8/c1-8-42-14-11-16-51-17-15-43(36(42)51)30-19-31(34(56-5)20-33(30)49(4)37(43)45(55,40(54)58-7)38(42)59-25(2)52)44(39(53)57-6)21-26-18-27(41(3,46)47)23-50(22-26)24-29-28-12-9-10-13-32(28)48-35(29)44/h9-14,19-20,26-27,36-38,48,55H,8,15-18,21-24H2,1-7H3/t26-,27?,36+,37-,38-,42+,43+,44+,45+/m1/s1. The molecule has 1 spiro atoms. The Kier molecular flexibility index (Phi) is 9.12. The number of ether oxygens (including phenoxy) is 4. The molecule has 3 fully saturated rings. The van der Waals surface area contributed by atoms with Crippen LogP contribution in [0, 0.1) is 17.3 Å². The van der Waals surface area contributed by atoms with Crippen LogP contribution in [0.15, 0.2) is 48.6 Å². The van der Waals surface area contributed by atoms with Crippen LogP contribution in [0.3, 0.4) is 0 Å². The highest BCUT2D eigenvalue weighted by molar-refractivity contribution is 5.95. The SMILES string of the molecule is CC[C@@]12C=CCN3CC[C@]4(c5cc([C@@]6(C(=O)OC)C[C@H]7CC(C(C)(F)F)CN(Cc8c6[nH]c6ccccc86)C7)c(OC)cc5N(C)[C@H]4[C@@](O)(C(=O)OC)[C@@H]1OC(C)=O)[C@@H]32. The molecule has 5 aliphatic heterocycles. The number of piperidine rings is 1. The highest BCUT2D eigenvalue weighted by Gasteiger charge is 2.80. The number of carbonyl (C=O) groups is 3. The Morgan fingerprint density at radius 3 is 2.46 bits per heavy atom. The van der Waals surface area contributed by atoms with Crippen molar-refractivity contribution in [1.82, 2.24) is 14.8 Å². The molecule has 12 nitrogen and oxygen atoms in total. The number of H-pyrrole nitrogens is 1. The maximum atomic E-state index is 15.3. The first-order chi connectivity index (χ1) is 28.1. The Morgan fingerprint density at radius 1 is 1.03 bits per heavy atom. The van der Waals surface area contributed by atoms with E-state index in [2.05, 4.69) is 14.8 Å². The summed E-state index contributed by atoms with van der Waals surface area (Å²) in [5.74, 6) is -5.92. The molecule has 59 heavy (non-hydrogen) atoms. The van der Waals surface area contributed by atoms with Crippen LogP contribution in [0.2, 0.25) is 0 Å². The minimum absolute atomic E-state index is 0.155. The second kappa shape index (κ2) is 13.5. The lowest BCUT2D eigenvalue weighted by atomic mass is 9.47. The van der Waals surface area contributed by atoms with Crippen LogP contribution in [-0.2, 0) is 46.0 Å². The van der Waals surface area contributed by atoms with Crippen molar-refractivity contribution in [3.05, 3.63) is 70.9 Å². The Hall–Kier alpha value is -4.53. The lowest BCUT2D eigenvalue weighted by Crippen LogP contribution is -2.81. The number of nitrogens with zero attached hydrogens (tertiary/aromatic N) is 3. The van der Waals surface area contributed by atoms with Crippen LogP contribution in [0.1, 0.15) is 68.8 Å². The summed E-state index contributed by atoms with van der Waals surface area (Å²) in [5.41, 5.74) is -1.64. The Morgan fingerprint density at radius 2 is 1.78 bits per heavy atom. The summed E-state index contributed by atoms with van der Waals surface area (Å²) in [6.07, 6.45) is 4.04. The first-order valence-corrected chi connectivity index (χ1v) is 20.7. The first kappa shape index (κ1) is 39.9. The molecular formula is C45H54F2N4O8. The third kappa shape index (κ3) is 5.17. The number of alkyl halides is 2. The fourth-order valence-electron chi connectivity index (χ4n) is 13.2. The van der Waals surface area contributed by atoms with Gasteiger partial charge < -0.3 is 33.9 Å². The number of aromatic nitrogens is 1. The number of esters is 3. The molecule has 6 heterocycles. The normalized spacial score (nSPS) is 35.8. The number of anilines is 1. The number of hydrogen-bond donors (Lipinski definition) is 2. The van der Waals surface area contributed by atoms with Crippen molar-refractivity contribution in [3.63, 3.8) is 0 Å². The number of rotatable bonds is 7. The molecule has 9 rings (SSSR count). The molecule has 316 valence electrons. The third-order valence-corrected chi connectivity index (χ3v) is 15.3. The van der Waals surface area contributed by atoms with Gasteiger partial charge in [-0.2, -0.15) is 0 Å². The number of aliphatic hydroxyl groups is 1. The molecular weight excluding hydrogens is 763 g/mol. The minimum Gasteiger partial charge on any atom is -0.496 e. The van der Waals surface area contributed by atoms with Crippen LogP contribution in [0.5, 0.6) is 5.75 Å². The predicted octanol–water partition coefficient (Wildman–Crippen LogP) is 5.08. The van der Waals surface area contributed by atoms with Gasteiger partial charge in [0.15, 0.2) is 6.10 Å². The zero-order valence-corrected chi connectivity index (χ0v) is 34.8. The van der Waals surface area contributed by atoms with E-state index in [1.165, 1.54) is 28.3 Å². The lowest BCUT2D eigenvalue weighted by molar-refractivity contribution is -0.228. The second-order valence-electron chi connectivity index (χ2n) is 18.0. The summed E-state index contributed by atoms with van der Waals surface area (Å²) < 4.78 is 54.3. The summed E-state index contributed by atoms with van der Waals surface area (Å²) in [5, 5.41) is 14.2. The Balaban J connectivity index is 1.35. The molecule has 2 bridgehead atoms. The summed E-state index contributed by atoms with van der Waals surface area (Å²) >= 11 is 0. The zero-order valence-electron chi connectivity index (χ0n) is 34.8. The van der Waals surface area contributed by atoms with Crippen molar-refractivity contribution in [2.24, 2.45) is 17.3 Å². The van der Waals surface area contributed by atoms with Crippen molar-refractivity contribution < 1.29 is 47.2 Å². The summed E-state index contributed by atoms with van der Waals surface area (Å²) in [6, 6.07) is 10.3. The molecule has 2 saturated heterocycles. The van der Waals surface area contributed by atoms with Gasteiger partial charge in [-0.15, -0.1) is 0 Å². The van der Waals surface area contributed by atoms with Crippen LogP contribution >= 0.6 is 0 Å². The summed E-state index contributed by atoms with van der Waals surface area (Å²) in [7, 11) is 5.94. The fraction of sp³-hybridized carbons (Fsp3) is 0.578. The lowest BCUT2D eigenvalue weighted by Gasteiger charge is -2.63. The molecule has 3 aromatic rings. The number of carbonyl (C=O) groups excluding carboxylic acids is 3. The van der Waals surface area contributed by atoms with Gasteiger partial charge >= 0.3 is 17.9 Å². The second-order valence-corrected chi connectivity index (χ2v) is 18.0. The quantitative estimate of drug-likeness (QED) is 0.188. The van der Waals surface area contributed by atoms with Crippen LogP contribution in [-0.4, -0.2) is 122 Å². The van der Waals surface area contributed by atoms with Crippen molar-refractivity contribution in [3.8, 4) is 5.75 Å². The average molecular weight is 817 g/mol. The molecule has 2 aromatic carbocycles. The van der Waals surface area contributed by atoms with Gasteiger partial charge in [0.1, 0.15) is 11.2 Å². The molecule has 6 aliphatic rings. The van der Waals surface area contributed by atoms with Gasteiger partial charge in [-0.05, 0) is 68.3 Å². The van der Waals surface area contributed by atoms with E-state index in [1.807, 2.05) is 67.4 Å². The number of halogens is 2. The van der Waals surface area contributed by atoms with E-state index >= 15 is 13.6 Å². The third-order valence-electron chi connectivity index (χ3n) is 15.3. The molecule has 14 heteroatoms. The van der Waals surface area contributed by atoms with Crippen LogP contribution in [0.4, 0.5) is 14.5 Å². The van der Waals surface area contributed by atoms with Gasteiger partial charge in [-0.3, -0.25) is 19.4 Å². The number of aromatic amines is 1. The molecule has 1 aliphatic carbocycles. The van der Waals surface area contributed by atoms with E-state index in [9.17, 15) is 14.7 Å². The van der Waals surface area contributed by atoms with Gasteiger partial charge in [-0.25, -0.2) is 13.6 Å². The van der Waals surface area contributed by atoms with Gasteiger partial charge in [0.2, 0.25) is 11.5 Å². The predicted molar refractivity (Wildman–Crippen MR) is 214 cm³/mol. The number of para-hydroxylation sites is 1.